The van der Waals surface area contributed by atoms with Gasteiger partial charge >= 0.3 is 0 Å². The molecule has 8 heteroatoms. The lowest BCUT2D eigenvalue weighted by Crippen LogP contribution is -2.23. The lowest BCUT2D eigenvalue weighted by Gasteiger charge is -2.17. The van der Waals surface area contributed by atoms with E-state index >= 15 is 0 Å². The summed E-state index contributed by atoms with van der Waals surface area (Å²) in [5, 5.41) is 4.26. The summed E-state index contributed by atoms with van der Waals surface area (Å²) in [7, 11) is 0. The first-order valence-corrected chi connectivity index (χ1v) is 12.5. The van der Waals surface area contributed by atoms with Gasteiger partial charge in [-0.25, -0.2) is 4.98 Å². The molecule has 0 atom stereocenters. The Balaban J connectivity index is 1.41. The third-order valence-electron chi connectivity index (χ3n) is 5.89. The largest absolute Gasteiger partial charge is 0.326 e. The van der Waals surface area contributed by atoms with Gasteiger partial charge in [-0.15, -0.1) is 11.3 Å². The van der Waals surface area contributed by atoms with E-state index in [1.807, 2.05) is 13.0 Å². The number of Topliss-reactive ketones (excluding diaryl/α,β-unsaturated/α-hetero) is 1. The molecule has 2 aliphatic rings. The van der Waals surface area contributed by atoms with E-state index in [0.29, 0.717) is 30.1 Å². The van der Waals surface area contributed by atoms with Crippen molar-refractivity contribution in [3.05, 3.63) is 50.1 Å². The minimum atomic E-state index is -0.00392. The Morgan fingerprint density at radius 1 is 1.23 bits per heavy atom. The van der Waals surface area contributed by atoms with Gasteiger partial charge in [0.05, 0.1) is 11.1 Å². The van der Waals surface area contributed by atoms with Gasteiger partial charge in [-0.3, -0.25) is 19.0 Å². The Bertz CT molecular complexity index is 1280. The summed E-state index contributed by atoms with van der Waals surface area (Å²) < 4.78 is 1.74. The smallest absolute Gasteiger partial charge is 0.263 e. The number of anilines is 1. The van der Waals surface area contributed by atoms with Gasteiger partial charge in [-0.05, 0) is 61.4 Å². The number of amides is 1. The maximum Gasteiger partial charge on any atom is 0.263 e. The van der Waals surface area contributed by atoms with Crippen LogP contribution in [0.15, 0.2) is 28.2 Å². The minimum absolute atomic E-state index is 0.00392. The fourth-order valence-electron chi connectivity index (χ4n) is 4.36. The maximum atomic E-state index is 13.3. The van der Waals surface area contributed by atoms with Crippen LogP contribution in [0.5, 0.6) is 0 Å². The van der Waals surface area contributed by atoms with Gasteiger partial charge in [0.25, 0.3) is 5.56 Å². The first-order valence-electron chi connectivity index (χ1n) is 10.7. The average Bonchev–Trinajstić information content (AvgIpc) is 3.35. The molecule has 31 heavy (non-hydrogen) atoms. The maximum absolute atomic E-state index is 13.3. The molecule has 0 spiro atoms. The number of benzene rings is 1. The number of carbonyl (C=O) groups is 2. The zero-order valence-corrected chi connectivity index (χ0v) is 19.0. The molecule has 0 saturated heterocycles. The molecule has 3 aromatic rings. The molecule has 0 bridgehead atoms. The van der Waals surface area contributed by atoms with Crippen LogP contribution in [0.3, 0.4) is 0 Å². The Morgan fingerprint density at radius 2 is 2.10 bits per heavy atom. The van der Waals surface area contributed by atoms with Crippen LogP contribution >= 0.6 is 23.1 Å². The van der Waals surface area contributed by atoms with Crippen LogP contribution in [0.1, 0.15) is 52.5 Å². The molecule has 1 N–H and O–H groups in total. The molecule has 1 amide bonds. The summed E-state index contributed by atoms with van der Waals surface area (Å²) in [6.45, 7) is 2.64. The van der Waals surface area contributed by atoms with Gasteiger partial charge in [0.2, 0.25) is 5.91 Å². The van der Waals surface area contributed by atoms with Crippen molar-refractivity contribution < 1.29 is 9.59 Å². The van der Waals surface area contributed by atoms with Crippen LogP contribution in [-0.4, -0.2) is 27.0 Å². The molecule has 0 saturated carbocycles. The van der Waals surface area contributed by atoms with Gasteiger partial charge in [-0.2, -0.15) is 0 Å². The monoisotopic (exact) mass is 453 g/mol. The van der Waals surface area contributed by atoms with Gasteiger partial charge in [-0.1, -0.05) is 18.7 Å². The number of thiophene rings is 1. The number of carbonyl (C=O) groups excluding carboxylic acids is 2. The van der Waals surface area contributed by atoms with Crippen LogP contribution in [0.4, 0.5) is 5.69 Å². The number of nitrogens with zero attached hydrogens (tertiary/aromatic N) is 2. The Morgan fingerprint density at radius 3 is 2.94 bits per heavy atom. The Labute approximate surface area is 188 Å². The van der Waals surface area contributed by atoms with E-state index in [4.69, 9.17) is 4.98 Å². The van der Waals surface area contributed by atoms with Crippen LogP contribution in [0.2, 0.25) is 0 Å². The van der Waals surface area contributed by atoms with E-state index in [9.17, 15) is 14.4 Å². The molecule has 0 fully saturated rings. The summed E-state index contributed by atoms with van der Waals surface area (Å²) in [6.07, 6.45) is 5.02. The fraction of sp³-hybridized carbons (Fsp3) is 0.391. The second kappa shape index (κ2) is 8.24. The lowest BCUT2D eigenvalue weighted by molar-refractivity contribution is -0.116. The zero-order chi connectivity index (χ0) is 21.5. The van der Waals surface area contributed by atoms with Crippen molar-refractivity contribution in [2.75, 3.05) is 11.1 Å². The van der Waals surface area contributed by atoms with Crippen molar-refractivity contribution in [1.82, 2.24) is 9.55 Å². The van der Waals surface area contributed by atoms with E-state index in [0.717, 1.165) is 47.2 Å². The van der Waals surface area contributed by atoms with E-state index in [1.54, 1.807) is 28.0 Å². The molecule has 1 aliphatic heterocycles. The van der Waals surface area contributed by atoms with E-state index in [1.165, 1.54) is 22.2 Å². The molecule has 0 radical (unpaired) electrons. The highest BCUT2D eigenvalue weighted by atomic mass is 32.2. The molecule has 3 heterocycles. The van der Waals surface area contributed by atoms with Crippen LogP contribution in [0, 0.1) is 0 Å². The average molecular weight is 454 g/mol. The minimum Gasteiger partial charge on any atom is -0.326 e. The van der Waals surface area contributed by atoms with Crippen molar-refractivity contribution in [2.24, 2.45) is 0 Å². The number of nitrogens with one attached hydrogen (secondary N) is 1. The molecule has 2 aromatic heterocycles. The van der Waals surface area contributed by atoms with Crippen LogP contribution in [0.25, 0.3) is 10.2 Å². The van der Waals surface area contributed by atoms with Crippen molar-refractivity contribution in [3.8, 4) is 0 Å². The Kier molecular flexibility index (Phi) is 5.44. The highest BCUT2D eigenvalue weighted by Crippen LogP contribution is 2.35. The number of aromatic nitrogens is 2. The first-order chi connectivity index (χ1) is 15.0. The normalized spacial score (nSPS) is 15.1. The Hall–Kier alpha value is -2.45. The standard InChI is InChI=1S/C23H23N3O3S2/c1-2-10-26-22(29)20-15-4-3-5-18(15)31-21(20)25-23(26)30-12-17(27)14-6-8-16-13(11-14)7-9-19(28)24-16/h6,8,11H,2-5,7,9-10,12H2,1H3,(H,24,28). The fourth-order valence-corrected chi connectivity index (χ4v) is 6.58. The summed E-state index contributed by atoms with van der Waals surface area (Å²) in [5.41, 5.74) is 3.63. The second-order valence-electron chi connectivity index (χ2n) is 8.02. The predicted octanol–water partition coefficient (Wildman–Crippen LogP) is 4.22. The summed E-state index contributed by atoms with van der Waals surface area (Å²) >= 11 is 2.97. The number of ketones is 1. The quantitative estimate of drug-likeness (QED) is 0.343. The predicted molar refractivity (Wildman–Crippen MR) is 125 cm³/mol. The van der Waals surface area contributed by atoms with Gasteiger partial charge in [0.15, 0.2) is 10.9 Å². The first kappa shape index (κ1) is 20.5. The third kappa shape index (κ3) is 3.72. The van der Waals surface area contributed by atoms with Gasteiger partial charge in [0, 0.05) is 29.1 Å². The van der Waals surface area contributed by atoms with Gasteiger partial charge < -0.3 is 5.32 Å². The SMILES string of the molecule is CCCn1c(SCC(=O)c2ccc3c(c2)CCC(=O)N3)nc2sc3c(c2c1=O)CCC3. The van der Waals surface area contributed by atoms with Crippen molar-refractivity contribution in [1.29, 1.82) is 0 Å². The second-order valence-corrected chi connectivity index (χ2v) is 10.0. The highest BCUT2D eigenvalue weighted by molar-refractivity contribution is 7.99. The van der Waals surface area contributed by atoms with Crippen molar-refractivity contribution in [3.63, 3.8) is 0 Å². The van der Waals surface area contributed by atoms with Crippen LogP contribution in [-0.2, 0) is 30.6 Å². The van der Waals surface area contributed by atoms with Crippen LogP contribution < -0.4 is 10.9 Å². The molecule has 5 rings (SSSR count). The van der Waals surface area contributed by atoms with Crippen molar-refractivity contribution in [2.45, 2.75) is 57.1 Å². The summed E-state index contributed by atoms with van der Waals surface area (Å²) in [4.78, 5) is 44.6. The number of aryl methyl sites for hydroxylation is 3. The zero-order valence-electron chi connectivity index (χ0n) is 17.3. The number of rotatable bonds is 6. The lowest BCUT2D eigenvalue weighted by atomic mass is 9.99. The molecular weight excluding hydrogens is 430 g/mol. The molecule has 6 nitrogen and oxygen atoms in total. The summed E-state index contributed by atoms with van der Waals surface area (Å²) in [6, 6.07) is 5.43. The molecule has 0 unspecified atom stereocenters. The number of thioether (sulfide) groups is 1. The molecule has 160 valence electrons. The highest BCUT2D eigenvalue weighted by Gasteiger charge is 2.24. The van der Waals surface area contributed by atoms with E-state index in [-0.39, 0.29) is 23.0 Å². The number of hydrogen-bond donors (Lipinski definition) is 1. The van der Waals surface area contributed by atoms with E-state index < -0.39 is 0 Å². The van der Waals surface area contributed by atoms with Crippen molar-refractivity contribution >= 4 is 50.7 Å². The topological polar surface area (TPSA) is 81.1 Å². The molecule has 1 aliphatic carbocycles. The third-order valence-corrected chi connectivity index (χ3v) is 8.05. The molecular formula is C23H23N3O3S2. The number of fused-ring (bicyclic) bond motifs is 4. The molecule has 1 aromatic carbocycles. The number of hydrogen-bond acceptors (Lipinski definition) is 6. The van der Waals surface area contributed by atoms with Gasteiger partial charge in [0.1, 0.15) is 4.83 Å². The van der Waals surface area contributed by atoms with E-state index in [2.05, 4.69) is 5.32 Å². The summed E-state index contributed by atoms with van der Waals surface area (Å²) in [5.74, 6) is 0.227.